The highest BCUT2D eigenvalue weighted by Crippen LogP contribution is 2.10. The Morgan fingerprint density at radius 2 is 1.95 bits per heavy atom. The van der Waals surface area contributed by atoms with E-state index in [4.69, 9.17) is 4.52 Å². The van der Waals surface area contributed by atoms with Crippen molar-refractivity contribution in [3.8, 4) is 0 Å². The average molecular weight is 300 g/mol. The molecular formula is C16H20N4O2. The van der Waals surface area contributed by atoms with Crippen LogP contribution in [0.1, 0.15) is 21.8 Å². The van der Waals surface area contributed by atoms with E-state index in [1.54, 1.807) is 6.07 Å². The minimum Gasteiger partial charge on any atom is -0.351 e. The van der Waals surface area contributed by atoms with Gasteiger partial charge in [-0.2, -0.15) is 0 Å². The molecule has 2 aromatic heterocycles. The second kappa shape index (κ2) is 6.70. The van der Waals surface area contributed by atoms with Gasteiger partial charge in [0, 0.05) is 51.2 Å². The zero-order chi connectivity index (χ0) is 15.4. The molecule has 0 saturated carbocycles. The second-order valence-electron chi connectivity index (χ2n) is 5.57. The van der Waals surface area contributed by atoms with E-state index in [1.165, 1.54) is 5.56 Å². The van der Waals surface area contributed by atoms with E-state index >= 15 is 0 Å². The number of carbonyl (C=O) groups excluding carboxylic acids is 1. The third-order valence-electron chi connectivity index (χ3n) is 3.96. The summed E-state index contributed by atoms with van der Waals surface area (Å²) in [6.07, 6.45) is 4.66. The molecule has 0 unspecified atom stereocenters. The molecule has 0 spiro atoms. The lowest BCUT2D eigenvalue weighted by Crippen LogP contribution is -2.49. The maximum absolute atomic E-state index is 12.3. The number of pyridine rings is 1. The summed E-state index contributed by atoms with van der Waals surface area (Å²) in [5, 5.41) is 3.77. The average Bonchev–Trinajstić information content (AvgIpc) is 3.00. The molecule has 0 aromatic carbocycles. The fourth-order valence-electron chi connectivity index (χ4n) is 2.63. The molecule has 1 fully saturated rings. The molecule has 116 valence electrons. The van der Waals surface area contributed by atoms with Gasteiger partial charge in [0.1, 0.15) is 0 Å². The normalized spacial score (nSPS) is 16.0. The topological polar surface area (TPSA) is 62.5 Å². The Labute approximate surface area is 129 Å². The minimum absolute atomic E-state index is 0.0608. The predicted molar refractivity (Wildman–Crippen MR) is 81.5 cm³/mol. The first-order chi connectivity index (χ1) is 10.7. The highest BCUT2D eigenvalue weighted by atomic mass is 16.5. The minimum atomic E-state index is -0.0608. The molecule has 1 aliphatic rings. The molecule has 6 nitrogen and oxygen atoms in total. The largest absolute Gasteiger partial charge is 0.351 e. The number of amides is 1. The summed E-state index contributed by atoms with van der Waals surface area (Å²) in [7, 11) is 0. The molecule has 1 aliphatic heterocycles. The lowest BCUT2D eigenvalue weighted by molar-refractivity contribution is 0.0598. The van der Waals surface area contributed by atoms with Crippen molar-refractivity contribution in [3.05, 3.63) is 47.6 Å². The Bertz CT molecular complexity index is 618. The van der Waals surface area contributed by atoms with Gasteiger partial charge in [0.05, 0.1) is 5.69 Å². The summed E-state index contributed by atoms with van der Waals surface area (Å²) in [4.78, 5) is 20.5. The molecule has 3 heterocycles. The zero-order valence-electron chi connectivity index (χ0n) is 12.7. The van der Waals surface area contributed by atoms with Gasteiger partial charge in [0.15, 0.2) is 0 Å². The molecule has 22 heavy (non-hydrogen) atoms. The van der Waals surface area contributed by atoms with Crippen molar-refractivity contribution >= 4 is 5.91 Å². The van der Waals surface area contributed by atoms with Crippen LogP contribution < -0.4 is 0 Å². The summed E-state index contributed by atoms with van der Waals surface area (Å²) in [5.41, 5.74) is 2.03. The Kier molecular flexibility index (Phi) is 4.48. The molecule has 1 amide bonds. The van der Waals surface area contributed by atoms with Crippen LogP contribution in [0.2, 0.25) is 0 Å². The Hall–Kier alpha value is -2.21. The lowest BCUT2D eigenvalue weighted by Gasteiger charge is -2.34. The quantitative estimate of drug-likeness (QED) is 0.853. The van der Waals surface area contributed by atoms with E-state index in [0.29, 0.717) is 5.76 Å². The van der Waals surface area contributed by atoms with E-state index < -0.39 is 0 Å². The van der Waals surface area contributed by atoms with Crippen LogP contribution in [0.15, 0.2) is 35.1 Å². The molecule has 0 N–H and O–H groups in total. The molecule has 6 heteroatoms. The zero-order valence-corrected chi connectivity index (χ0v) is 12.7. The number of carbonyl (C=O) groups is 1. The highest BCUT2D eigenvalue weighted by Gasteiger charge is 2.24. The molecule has 0 bridgehead atoms. The van der Waals surface area contributed by atoms with Crippen LogP contribution >= 0.6 is 0 Å². The van der Waals surface area contributed by atoms with Crippen molar-refractivity contribution in [1.29, 1.82) is 0 Å². The van der Waals surface area contributed by atoms with Crippen LogP contribution in [0.3, 0.4) is 0 Å². The fraction of sp³-hybridized carbons (Fsp3) is 0.438. The Balaban J connectivity index is 1.47. The van der Waals surface area contributed by atoms with Crippen LogP contribution in [0.4, 0.5) is 0 Å². The maximum atomic E-state index is 12.3. The number of hydrogen-bond acceptors (Lipinski definition) is 5. The molecule has 0 radical (unpaired) electrons. The first-order valence-electron chi connectivity index (χ1n) is 7.56. The van der Waals surface area contributed by atoms with E-state index in [1.807, 2.05) is 36.4 Å². The maximum Gasteiger partial charge on any atom is 0.292 e. The van der Waals surface area contributed by atoms with Gasteiger partial charge in [-0.3, -0.25) is 14.7 Å². The molecule has 0 aliphatic carbocycles. The third-order valence-corrected chi connectivity index (χ3v) is 3.96. The first-order valence-corrected chi connectivity index (χ1v) is 7.56. The highest BCUT2D eigenvalue weighted by molar-refractivity contribution is 5.91. The number of aromatic nitrogens is 2. The SMILES string of the molecule is Cc1cc(C(=O)N2CCN(CCc3ccncc3)CC2)on1. The van der Waals surface area contributed by atoms with Crippen LogP contribution in [0, 0.1) is 6.92 Å². The van der Waals surface area contributed by atoms with Crippen LogP contribution in [0.5, 0.6) is 0 Å². The fourth-order valence-corrected chi connectivity index (χ4v) is 2.63. The van der Waals surface area contributed by atoms with Crippen molar-refractivity contribution < 1.29 is 9.32 Å². The van der Waals surface area contributed by atoms with E-state index in [0.717, 1.165) is 44.8 Å². The van der Waals surface area contributed by atoms with Gasteiger partial charge in [-0.25, -0.2) is 0 Å². The Morgan fingerprint density at radius 1 is 1.23 bits per heavy atom. The third kappa shape index (κ3) is 3.51. The van der Waals surface area contributed by atoms with E-state index in [-0.39, 0.29) is 5.91 Å². The number of rotatable bonds is 4. The van der Waals surface area contributed by atoms with Crippen LogP contribution in [0.25, 0.3) is 0 Å². The number of piperazine rings is 1. The van der Waals surface area contributed by atoms with Crippen LogP contribution in [-0.4, -0.2) is 58.6 Å². The van der Waals surface area contributed by atoms with Gasteiger partial charge in [0.25, 0.3) is 5.91 Å². The van der Waals surface area contributed by atoms with Crippen LogP contribution in [-0.2, 0) is 6.42 Å². The monoisotopic (exact) mass is 300 g/mol. The van der Waals surface area contributed by atoms with E-state index in [2.05, 4.69) is 15.0 Å². The smallest absolute Gasteiger partial charge is 0.292 e. The second-order valence-corrected chi connectivity index (χ2v) is 5.57. The summed E-state index contributed by atoms with van der Waals surface area (Å²) in [5.74, 6) is 0.275. The van der Waals surface area contributed by atoms with Crippen molar-refractivity contribution in [2.75, 3.05) is 32.7 Å². The summed E-state index contributed by atoms with van der Waals surface area (Å²) in [6.45, 7) is 6.07. The summed E-state index contributed by atoms with van der Waals surface area (Å²) < 4.78 is 5.05. The predicted octanol–water partition coefficient (Wildman–Crippen LogP) is 1.38. The lowest BCUT2D eigenvalue weighted by atomic mass is 10.2. The van der Waals surface area contributed by atoms with Crippen molar-refractivity contribution in [3.63, 3.8) is 0 Å². The van der Waals surface area contributed by atoms with Crippen molar-refractivity contribution in [1.82, 2.24) is 19.9 Å². The van der Waals surface area contributed by atoms with Gasteiger partial charge < -0.3 is 9.42 Å². The summed E-state index contributed by atoms with van der Waals surface area (Å²) >= 11 is 0. The molecular weight excluding hydrogens is 280 g/mol. The van der Waals surface area contributed by atoms with Gasteiger partial charge >= 0.3 is 0 Å². The standard InChI is InChI=1S/C16H20N4O2/c1-13-12-15(22-18-13)16(21)20-10-8-19(9-11-20)7-4-14-2-5-17-6-3-14/h2-3,5-6,12H,4,7-11H2,1H3. The Morgan fingerprint density at radius 3 is 2.59 bits per heavy atom. The molecule has 0 atom stereocenters. The molecule has 3 rings (SSSR count). The van der Waals surface area contributed by atoms with Crippen molar-refractivity contribution in [2.45, 2.75) is 13.3 Å². The van der Waals surface area contributed by atoms with Gasteiger partial charge in [-0.15, -0.1) is 0 Å². The summed E-state index contributed by atoms with van der Waals surface area (Å²) in [6, 6.07) is 5.79. The molecule has 2 aromatic rings. The number of hydrogen-bond donors (Lipinski definition) is 0. The molecule has 1 saturated heterocycles. The first kappa shape index (κ1) is 14.7. The van der Waals surface area contributed by atoms with E-state index in [9.17, 15) is 4.79 Å². The van der Waals surface area contributed by atoms with Gasteiger partial charge in [0.2, 0.25) is 5.76 Å². The van der Waals surface area contributed by atoms with Gasteiger partial charge in [-0.05, 0) is 31.0 Å². The van der Waals surface area contributed by atoms with Gasteiger partial charge in [-0.1, -0.05) is 5.16 Å². The number of aryl methyl sites for hydroxylation is 1. The van der Waals surface area contributed by atoms with Crippen molar-refractivity contribution in [2.24, 2.45) is 0 Å². The number of nitrogens with zero attached hydrogens (tertiary/aromatic N) is 4.